The fraction of sp³-hybridized carbons (Fsp3) is 0.833. The highest BCUT2D eigenvalue weighted by atomic mass is 16.6. The van der Waals surface area contributed by atoms with Gasteiger partial charge in [-0.25, -0.2) is 4.79 Å². The van der Waals surface area contributed by atoms with E-state index < -0.39 is 6.09 Å². The maximum absolute atomic E-state index is 11.3. The molecule has 0 aromatic heterocycles. The van der Waals surface area contributed by atoms with E-state index >= 15 is 0 Å². The third-order valence-corrected chi connectivity index (χ3v) is 1.99. The third kappa shape index (κ3) is 12.9. The molecule has 0 spiro atoms. The molecule has 0 saturated carbocycles. The first-order chi connectivity index (χ1) is 9.06. The molecule has 0 atom stereocenters. The molecule has 0 heterocycles. The Morgan fingerprint density at radius 2 is 1.74 bits per heavy atom. The van der Waals surface area contributed by atoms with Crippen LogP contribution in [0.3, 0.4) is 0 Å². The number of methoxy groups -OCH3 is 1. The van der Waals surface area contributed by atoms with E-state index in [2.05, 4.69) is 10.6 Å². The van der Waals surface area contributed by atoms with Crippen LogP contribution in [0, 0.1) is 5.92 Å². The summed E-state index contributed by atoms with van der Waals surface area (Å²) in [6, 6.07) is 0. The molecule has 0 aromatic rings. The van der Waals surface area contributed by atoms with E-state index in [1.54, 1.807) is 7.11 Å². The second kappa shape index (κ2) is 11.7. The quantitative estimate of drug-likeness (QED) is 0.555. The highest BCUT2D eigenvalue weighted by Crippen LogP contribution is 1.86. The first-order valence-electron chi connectivity index (χ1n) is 6.30. The highest BCUT2D eigenvalue weighted by molar-refractivity contribution is 5.82. The Bertz CT molecular complexity index is 259. The summed E-state index contributed by atoms with van der Waals surface area (Å²) in [4.78, 5) is 22.5. The van der Waals surface area contributed by atoms with E-state index in [1.807, 2.05) is 13.8 Å². The second-order valence-electron chi connectivity index (χ2n) is 4.29. The molecule has 0 fully saturated rings. The minimum Gasteiger partial charge on any atom is -0.447 e. The Balaban J connectivity index is 3.41. The standard InChI is InChI=1S/C12H24N2O5/c1-10(2)8-13-11(15)9-14-12(16)19-7-6-18-5-4-17-3/h10H,4-9H2,1-3H3,(H,13,15)(H,14,16). The Kier molecular flexibility index (Phi) is 10.9. The first-order valence-corrected chi connectivity index (χ1v) is 6.30. The van der Waals surface area contributed by atoms with Gasteiger partial charge in [0, 0.05) is 13.7 Å². The van der Waals surface area contributed by atoms with E-state index in [1.165, 1.54) is 0 Å². The van der Waals surface area contributed by atoms with Gasteiger partial charge in [0.2, 0.25) is 5.91 Å². The molecular weight excluding hydrogens is 252 g/mol. The fourth-order valence-electron chi connectivity index (χ4n) is 1.02. The van der Waals surface area contributed by atoms with Crippen LogP contribution >= 0.6 is 0 Å². The lowest BCUT2D eigenvalue weighted by Crippen LogP contribution is -2.38. The zero-order valence-electron chi connectivity index (χ0n) is 11.9. The Morgan fingerprint density at radius 3 is 2.37 bits per heavy atom. The van der Waals surface area contributed by atoms with E-state index in [9.17, 15) is 9.59 Å². The summed E-state index contributed by atoms with van der Waals surface area (Å²) in [7, 11) is 1.58. The van der Waals surface area contributed by atoms with Gasteiger partial charge in [0.05, 0.1) is 26.4 Å². The van der Waals surface area contributed by atoms with Crippen molar-refractivity contribution in [1.29, 1.82) is 0 Å². The molecule has 0 saturated heterocycles. The topological polar surface area (TPSA) is 85.9 Å². The summed E-state index contributed by atoms with van der Waals surface area (Å²) < 4.78 is 14.7. The zero-order valence-corrected chi connectivity index (χ0v) is 11.9. The molecular formula is C12H24N2O5. The van der Waals surface area contributed by atoms with Gasteiger partial charge in [0.1, 0.15) is 6.61 Å². The summed E-state index contributed by atoms with van der Waals surface area (Å²) in [5.74, 6) is 0.141. The van der Waals surface area contributed by atoms with Crippen molar-refractivity contribution in [3.63, 3.8) is 0 Å². The summed E-state index contributed by atoms with van der Waals surface area (Å²) in [6.07, 6.45) is -0.630. The molecule has 0 aliphatic rings. The molecule has 0 aliphatic carbocycles. The van der Waals surface area contributed by atoms with Crippen molar-refractivity contribution < 1.29 is 23.8 Å². The number of carbonyl (C=O) groups excluding carboxylic acids is 2. The molecule has 0 aliphatic heterocycles. The number of hydrogen-bond donors (Lipinski definition) is 2. The van der Waals surface area contributed by atoms with Crippen molar-refractivity contribution in [3.8, 4) is 0 Å². The molecule has 2 N–H and O–H groups in total. The van der Waals surface area contributed by atoms with Gasteiger partial charge < -0.3 is 24.8 Å². The van der Waals surface area contributed by atoms with E-state index in [4.69, 9.17) is 14.2 Å². The number of rotatable bonds is 10. The number of ether oxygens (including phenoxy) is 3. The van der Waals surface area contributed by atoms with Gasteiger partial charge in [-0.2, -0.15) is 0 Å². The average molecular weight is 276 g/mol. The van der Waals surface area contributed by atoms with Crippen LogP contribution in [0.25, 0.3) is 0 Å². The molecule has 0 unspecified atom stereocenters. The number of carbonyl (C=O) groups is 2. The summed E-state index contributed by atoms with van der Waals surface area (Å²) in [5.41, 5.74) is 0. The van der Waals surface area contributed by atoms with Crippen LogP contribution in [-0.2, 0) is 19.0 Å². The van der Waals surface area contributed by atoms with Crippen LogP contribution in [0.5, 0.6) is 0 Å². The number of alkyl carbamates (subject to hydrolysis) is 1. The smallest absolute Gasteiger partial charge is 0.407 e. The van der Waals surface area contributed by atoms with Gasteiger partial charge in [-0.3, -0.25) is 4.79 Å². The Labute approximate surface area is 114 Å². The molecule has 0 radical (unpaired) electrons. The summed E-state index contributed by atoms with van der Waals surface area (Å²) >= 11 is 0. The van der Waals surface area contributed by atoms with Gasteiger partial charge in [0.25, 0.3) is 0 Å². The lowest BCUT2D eigenvalue weighted by molar-refractivity contribution is -0.120. The van der Waals surface area contributed by atoms with Gasteiger partial charge in [-0.05, 0) is 5.92 Å². The minimum absolute atomic E-state index is 0.0872. The van der Waals surface area contributed by atoms with E-state index in [-0.39, 0.29) is 19.1 Å². The van der Waals surface area contributed by atoms with Crippen LogP contribution in [0.2, 0.25) is 0 Å². The molecule has 7 heteroatoms. The molecule has 7 nitrogen and oxygen atoms in total. The number of amides is 2. The van der Waals surface area contributed by atoms with Crippen LogP contribution in [-0.4, -0.2) is 58.6 Å². The van der Waals surface area contributed by atoms with Gasteiger partial charge in [-0.1, -0.05) is 13.8 Å². The fourth-order valence-corrected chi connectivity index (χ4v) is 1.02. The Hall–Kier alpha value is -1.34. The van der Waals surface area contributed by atoms with Crippen molar-refractivity contribution in [2.24, 2.45) is 5.92 Å². The highest BCUT2D eigenvalue weighted by Gasteiger charge is 2.06. The van der Waals surface area contributed by atoms with Crippen molar-refractivity contribution in [2.75, 3.05) is 46.6 Å². The third-order valence-electron chi connectivity index (χ3n) is 1.99. The predicted octanol–water partition coefficient (Wildman–Crippen LogP) is 0.148. The van der Waals surface area contributed by atoms with Crippen molar-refractivity contribution in [2.45, 2.75) is 13.8 Å². The predicted molar refractivity (Wildman–Crippen MR) is 69.9 cm³/mol. The molecule has 0 aromatic carbocycles. The average Bonchev–Trinajstić information content (AvgIpc) is 2.38. The SMILES string of the molecule is COCCOCCOC(=O)NCC(=O)NCC(C)C. The van der Waals surface area contributed by atoms with Crippen molar-refractivity contribution in [1.82, 2.24) is 10.6 Å². The molecule has 112 valence electrons. The maximum Gasteiger partial charge on any atom is 0.407 e. The van der Waals surface area contributed by atoms with Crippen LogP contribution in [0.4, 0.5) is 4.79 Å². The van der Waals surface area contributed by atoms with Crippen LogP contribution in [0.1, 0.15) is 13.8 Å². The molecule has 0 bridgehead atoms. The zero-order chi connectivity index (χ0) is 14.5. The van der Waals surface area contributed by atoms with Crippen molar-refractivity contribution in [3.05, 3.63) is 0 Å². The molecule has 0 rings (SSSR count). The lowest BCUT2D eigenvalue weighted by Gasteiger charge is -2.09. The largest absolute Gasteiger partial charge is 0.447 e. The number of nitrogens with one attached hydrogen (secondary N) is 2. The van der Waals surface area contributed by atoms with E-state index in [0.717, 1.165) is 0 Å². The molecule has 19 heavy (non-hydrogen) atoms. The monoisotopic (exact) mass is 276 g/mol. The van der Waals surface area contributed by atoms with Gasteiger partial charge in [0.15, 0.2) is 0 Å². The summed E-state index contributed by atoms with van der Waals surface area (Å²) in [5, 5.41) is 5.03. The van der Waals surface area contributed by atoms with Crippen molar-refractivity contribution >= 4 is 12.0 Å². The molecule has 2 amide bonds. The van der Waals surface area contributed by atoms with Gasteiger partial charge >= 0.3 is 6.09 Å². The summed E-state index contributed by atoms with van der Waals surface area (Å²) in [6.45, 7) is 5.89. The minimum atomic E-state index is -0.630. The van der Waals surface area contributed by atoms with Crippen LogP contribution < -0.4 is 10.6 Å². The van der Waals surface area contributed by atoms with E-state index in [0.29, 0.717) is 32.3 Å². The first kappa shape index (κ1) is 17.7. The second-order valence-corrected chi connectivity index (χ2v) is 4.29. The maximum atomic E-state index is 11.3. The number of hydrogen-bond acceptors (Lipinski definition) is 5. The van der Waals surface area contributed by atoms with Gasteiger partial charge in [-0.15, -0.1) is 0 Å². The normalized spacial score (nSPS) is 10.3. The lowest BCUT2D eigenvalue weighted by atomic mass is 10.2. The Morgan fingerprint density at radius 1 is 1.05 bits per heavy atom. The van der Waals surface area contributed by atoms with Crippen LogP contribution in [0.15, 0.2) is 0 Å².